The second-order valence-corrected chi connectivity index (χ2v) is 8.12. The van der Waals surface area contributed by atoms with Crippen LogP contribution in [-0.2, 0) is 11.0 Å². The first-order valence-corrected chi connectivity index (χ1v) is 9.87. The van der Waals surface area contributed by atoms with E-state index >= 15 is 0 Å². The Hall–Kier alpha value is -2.42. The normalized spacial score (nSPS) is 23.1. The van der Waals surface area contributed by atoms with E-state index in [1.54, 1.807) is 0 Å². The fourth-order valence-corrected chi connectivity index (χ4v) is 4.22. The Bertz CT molecular complexity index is 899. The summed E-state index contributed by atoms with van der Waals surface area (Å²) < 4.78 is 40.1. The molecule has 3 heterocycles. The van der Waals surface area contributed by atoms with E-state index in [0.29, 0.717) is 31.1 Å². The highest BCUT2D eigenvalue weighted by atomic mass is 19.4. The fourth-order valence-electron chi connectivity index (χ4n) is 4.22. The van der Waals surface area contributed by atoms with Crippen molar-refractivity contribution in [1.29, 1.82) is 0 Å². The molecule has 2 N–H and O–H groups in total. The van der Waals surface area contributed by atoms with Gasteiger partial charge in [-0.2, -0.15) is 13.2 Å². The molecule has 4 rings (SSSR count). The summed E-state index contributed by atoms with van der Waals surface area (Å²) in [4.78, 5) is 22.5. The summed E-state index contributed by atoms with van der Waals surface area (Å²) in [7, 11) is 0. The van der Waals surface area contributed by atoms with E-state index in [0.717, 1.165) is 25.6 Å². The Morgan fingerprint density at radius 3 is 2.59 bits per heavy atom. The van der Waals surface area contributed by atoms with E-state index < -0.39 is 11.7 Å². The molecule has 0 saturated carbocycles. The summed E-state index contributed by atoms with van der Waals surface area (Å²) >= 11 is 0. The molecule has 0 radical (unpaired) electrons. The number of nitrogens with zero attached hydrogens (tertiary/aromatic N) is 3. The number of fused-ring (bicyclic) bond motifs is 1. The van der Waals surface area contributed by atoms with Crippen LogP contribution in [0.15, 0.2) is 24.5 Å². The molecule has 2 atom stereocenters. The number of alkyl halides is 3. The van der Waals surface area contributed by atoms with Crippen molar-refractivity contribution in [2.24, 2.45) is 11.8 Å². The zero-order chi connectivity index (χ0) is 20.6. The number of anilines is 1. The van der Waals surface area contributed by atoms with Crippen molar-refractivity contribution in [2.45, 2.75) is 32.0 Å². The second kappa shape index (κ2) is 7.78. The molecule has 9 heteroatoms. The number of benzene rings is 1. The summed E-state index contributed by atoms with van der Waals surface area (Å²) in [5, 5.41) is 6.26. The van der Waals surface area contributed by atoms with Gasteiger partial charge in [-0.3, -0.25) is 14.8 Å². The lowest BCUT2D eigenvalue weighted by atomic mass is 9.94. The summed E-state index contributed by atoms with van der Waals surface area (Å²) in [5.41, 5.74) is -0.0701. The number of aromatic nitrogens is 2. The highest BCUT2D eigenvalue weighted by Gasteiger charge is 2.35. The second-order valence-electron chi connectivity index (χ2n) is 8.12. The van der Waals surface area contributed by atoms with Gasteiger partial charge in [-0.15, -0.1) is 0 Å². The molecule has 1 aromatic heterocycles. The number of hydrogen-bond acceptors (Lipinski definition) is 5. The van der Waals surface area contributed by atoms with Gasteiger partial charge in [0.1, 0.15) is 11.0 Å². The van der Waals surface area contributed by atoms with Crippen molar-refractivity contribution >= 4 is 22.6 Å². The molecule has 29 heavy (non-hydrogen) atoms. The molecule has 2 aliphatic rings. The topological polar surface area (TPSA) is 70.2 Å². The highest BCUT2D eigenvalue weighted by Crippen LogP contribution is 2.37. The van der Waals surface area contributed by atoms with Crippen LogP contribution in [0.5, 0.6) is 0 Å². The molecule has 0 bridgehead atoms. The third kappa shape index (κ3) is 4.29. The minimum atomic E-state index is -4.49. The smallest absolute Gasteiger partial charge is 0.367 e. The number of carbonyl (C=O) groups is 1. The zero-order valence-electron chi connectivity index (χ0n) is 16.2. The number of piperidine rings is 1. The van der Waals surface area contributed by atoms with Crippen molar-refractivity contribution in [3.63, 3.8) is 0 Å². The van der Waals surface area contributed by atoms with Gasteiger partial charge in [0.05, 0.1) is 11.3 Å². The van der Waals surface area contributed by atoms with Gasteiger partial charge in [0.15, 0.2) is 0 Å². The van der Waals surface area contributed by atoms with E-state index in [9.17, 15) is 18.0 Å². The molecule has 0 aliphatic carbocycles. The number of halogens is 3. The van der Waals surface area contributed by atoms with Crippen LogP contribution in [0.4, 0.5) is 18.9 Å². The molecule has 2 fully saturated rings. The number of carbonyl (C=O) groups excluding carboxylic acids is 1. The monoisotopic (exact) mass is 407 g/mol. The first kappa shape index (κ1) is 19.9. The van der Waals surface area contributed by atoms with Gasteiger partial charge in [0.25, 0.3) is 0 Å². The molecule has 1 amide bonds. The molecule has 156 valence electrons. The van der Waals surface area contributed by atoms with Crippen LogP contribution in [0, 0.1) is 11.8 Å². The molecule has 6 nitrogen and oxygen atoms in total. The molecule has 2 aliphatic heterocycles. The molecule has 2 aromatic rings. The van der Waals surface area contributed by atoms with E-state index in [1.807, 2.05) is 4.90 Å². The minimum absolute atomic E-state index is 0.0348. The molecule has 0 spiro atoms. The lowest BCUT2D eigenvalue weighted by molar-refractivity contribution is -0.136. The van der Waals surface area contributed by atoms with Gasteiger partial charge in [0.2, 0.25) is 5.91 Å². The Balaban J connectivity index is 1.57. The van der Waals surface area contributed by atoms with E-state index in [4.69, 9.17) is 0 Å². The number of rotatable bonds is 4. The summed E-state index contributed by atoms with van der Waals surface area (Å²) in [5.74, 6) is 0.710. The zero-order valence-corrected chi connectivity index (χ0v) is 16.2. The van der Waals surface area contributed by atoms with Gasteiger partial charge in [0, 0.05) is 37.9 Å². The third-order valence-corrected chi connectivity index (χ3v) is 5.61. The van der Waals surface area contributed by atoms with Crippen LogP contribution >= 0.6 is 0 Å². The van der Waals surface area contributed by atoms with Crippen LogP contribution < -0.4 is 15.5 Å². The average molecular weight is 407 g/mol. The van der Waals surface area contributed by atoms with E-state index in [1.165, 1.54) is 18.5 Å². The van der Waals surface area contributed by atoms with Gasteiger partial charge >= 0.3 is 6.18 Å². The molecule has 2 saturated heterocycles. The van der Waals surface area contributed by atoms with Crippen molar-refractivity contribution in [2.75, 3.05) is 31.1 Å². The predicted molar refractivity (Wildman–Crippen MR) is 103 cm³/mol. The Morgan fingerprint density at radius 2 is 1.93 bits per heavy atom. The summed E-state index contributed by atoms with van der Waals surface area (Å²) in [6, 6.07) is 2.49. The Labute approximate surface area is 166 Å². The maximum Gasteiger partial charge on any atom is 0.418 e. The quantitative estimate of drug-likeness (QED) is 0.815. The Kier molecular flexibility index (Phi) is 5.33. The molecule has 0 unspecified atom stereocenters. The van der Waals surface area contributed by atoms with Crippen molar-refractivity contribution < 1.29 is 18.0 Å². The molecular formula is C20H24F3N5O. The van der Waals surface area contributed by atoms with Crippen LogP contribution in [-0.4, -0.2) is 48.1 Å². The van der Waals surface area contributed by atoms with E-state index in [2.05, 4.69) is 27.5 Å². The largest absolute Gasteiger partial charge is 0.418 e. The molecular weight excluding hydrogens is 383 g/mol. The SMILES string of the molecule is C[C@H]1C[C@@H](NC(=O)CC2CNC2)CN(c2ccc(C(F)(F)F)c3nccnc23)C1. The summed E-state index contributed by atoms with van der Waals surface area (Å²) in [6.07, 6.45) is -0.458. The van der Waals surface area contributed by atoms with Crippen molar-refractivity contribution in [3.05, 3.63) is 30.1 Å². The van der Waals surface area contributed by atoms with Crippen LogP contribution in [0.1, 0.15) is 25.3 Å². The molecule has 1 aromatic carbocycles. The van der Waals surface area contributed by atoms with Crippen LogP contribution in [0.2, 0.25) is 0 Å². The number of amides is 1. The lowest BCUT2D eigenvalue weighted by Crippen LogP contribution is -2.52. The van der Waals surface area contributed by atoms with Gasteiger partial charge < -0.3 is 15.5 Å². The minimum Gasteiger partial charge on any atom is -0.367 e. The first-order valence-electron chi connectivity index (χ1n) is 9.87. The lowest BCUT2D eigenvalue weighted by Gasteiger charge is -2.39. The standard InChI is InChI=1S/C20H24F3N5O/c1-12-6-14(27-17(29)7-13-8-24-9-13)11-28(10-12)16-3-2-15(20(21,22)23)18-19(16)26-5-4-25-18/h2-5,12-14,24H,6-11H2,1H3,(H,27,29)/t12-,14+/m0/s1. The van der Waals surface area contributed by atoms with Crippen LogP contribution in [0.3, 0.4) is 0 Å². The average Bonchev–Trinajstić information content (AvgIpc) is 2.62. The Morgan fingerprint density at radius 1 is 1.21 bits per heavy atom. The van der Waals surface area contributed by atoms with E-state index in [-0.39, 0.29) is 28.9 Å². The van der Waals surface area contributed by atoms with Gasteiger partial charge in [-0.1, -0.05) is 6.92 Å². The number of hydrogen-bond donors (Lipinski definition) is 2. The van der Waals surface area contributed by atoms with Crippen molar-refractivity contribution in [1.82, 2.24) is 20.6 Å². The number of nitrogens with one attached hydrogen (secondary N) is 2. The van der Waals surface area contributed by atoms with Gasteiger partial charge in [-0.25, -0.2) is 0 Å². The predicted octanol–water partition coefficient (Wildman–Crippen LogP) is 2.59. The fraction of sp³-hybridized carbons (Fsp3) is 0.550. The highest BCUT2D eigenvalue weighted by molar-refractivity contribution is 5.91. The van der Waals surface area contributed by atoms with Gasteiger partial charge in [-0.05, 0) is 43.5 Å². The van der Waals surface area contributed by atoms with Crippen molar-refractivity contribution in [3.8, 4) is 0 Å². The van der Waals surface area contributed by atoms with Crippen LogP contribution in [0.25, 0.3) is 11.0 Å². The first-order chi connectivity index (χ1) is 13.8. The third-order valence-electron chi connectivity index (χ3n) is 5.61. The maximum atomic E-state index is 13.4. The summed E-state index contributed by atoms with van der Waals surface area (Å²) in [6.45, 7) is 5.05. The maximum absolute atomic E-state index is 13.4.